The summed E-state index contributed by atoms with van der Waals surface area (Å²) in [7, 11) is 0. The second kappa shape index (κ2) is 9.55. The van der Waals surface area contributed by atoms with Crippen molar-refractivity contribution in [2.24, 2.45) is 10.4 Å². The van der Waals surface area contributed by atoms with E-state index in [-0.39, 0.29) is 24.0 Å². The van der Waals surface area contributed by atoms with Gasteiger partial charge in [0.1, 0.15) is 6.54 Å². The molecule has 0 atom stereocenters. The lowest BCUT2D eigenvalue weighted by atomic mass is 9.74. The van der Waals surface area contributed by atoms with Crippen molar-refractivity contribution in [3.63, 3.8) is 0 Å². The van der Waals surface area contributed by atoms with Gasteiger partial charge < -0.3 is 10.2 Å². The molecule has 0 aromatic carbocycles. The topological polar surface area (TPSA) is 27.6 Å². The lowest BCUT2D eigenvalue weighted by molar-refractivity contribution is 0.115. The number of aliphatic imine (C=N–C) groups is 1. The molecule has 1 saturated heterocycles. The van der Waals surface area contributed by atoms with Gasteiger partial charge in [0.05, 0.1) is 0 Å². The summed E-state index contributed by atoms with van der Waals surface area (Å²) in [6.07, 6.45) is 16.5. The van der Waals surface area contributed by atoms with Crippen molar-refractivity contribution in [2.75, 3.05) is 26.2 Å². The van der Waals surface area contributed by atoms with Crippen molar-refractivity contribution in [2.45, 2.75) is 58.3 Å². The first kappa shape index (κ1) is 18.6. The maximum atomic E-state index is 5.36. The van der Waals surface area contributed by atoms with Crippen molar-refractivity contribution in [3.8, 4) is 12.3 Å². The number of halogens is 1. The summed E-state index contributed by atoms with van der Waals surface area (Å²) < 4.78 is 0. The van der Waals surface area contributed by atoms with Gasteiger partial charge in [0.25, 0.3) is 0 Å². The zero-order chi connectivity index (χ0) is 14.3. The van der Waals surface area contributed by atoms with Gasteiger partial charge in [-0.15, -0.1) is 30.4 Å². The monoisotopic (exact) mass is 403 g/mol. The van der Waals surface area contributed by atoms with E-state index >= 15 is 0 Å². The molecule has 1 aliphatic heterocycles. The van der Waals surface area contributed by atoms with Gasteiger partial charge in [-0.05, 0) is 38.0 Å². The highest BCUT2D eigenvalue weighted by Gasteiger charge is 2.36. The first-order chi connectivity index (χ1) is 9.79. The molecule has 2 aliphatic rings. The highest BCUT2D eigenvalue weighted by Crippen LogP contribution is 2.42. The molecular formula is C17H30IN3. The van der Waals surface area contributed by atoms with Crippen LogP contribution < -0.4 is 5.32 Å². The highest BCUT2D eigenvalue weighted by molar-refractivity contribution is 14.0. The molecule has 1 spiro atoms. The number of terminal acetylenes is 1. The summed E-state index contributed by atoms with van der Waals surface area (Å²) >= 11 is 0. The Morgan fingerprint density at radius 1 is 1.19 bits per heavy atom. The maximum absolute atomic E-state index is 5.36. The molecule has 1 heterocycles. The Hall–Kier alpha value is -0.440. The summed E-state index contributed by atoms with van der Waals surface area (Å²) in [5.41, 5.74) is 0.543. The van der Waals surface area contributed by atoms with Gasteiger partial charge in [0.15, 0.2) is 5.96 Å². The Bertz CT molecular complexity index is 365. The molecule has 120 valence electrons. The number of rotatable bonds is 2. The van der Waals surface area contributed by atoms with E-state index in [1.54, 1.807) is 0 Å². The predicted octanol–water partition coefficient (Wildman–Crippen LogP) is 3.64. The van der Waals surface area contributed by atoms with Crippen LogP contribution in [0.1, 0.15) is 58.3 Å². The molecule has 3 nitrogen and oxygen atoms in total. The van der Waals surface area contributed by atoms with Crippen LogP contribution in [0.2, 0.25) is 0 Å². The number of nitrogens with one attached hydrogen (secondary N) is 1. The van der Waals surface area contributed by atoms with Crippen LogP contribution in [0.5, 0.6) is 0 Å². The predicted molar refractivity (Wildman–Crippen MR) is 101 cm³/mol. The van der Waals surface area contributed by atoms with E-state index in [0.717, 1.165) is 19.0 Å². The van der Waals surface area contributed by atoms with Crippen molar-refractivity contribution in [1.82, 2.24) is 10.2 Å². The van der Waals surface area contributed by atoms with Gasteiger partial charge in [-0.25, -0.2) is 4.99 Å². The number of hydrogen-bond donors (Lipinski definition) is 1. The Labute approximate surface area is 147 Å². The van der Waals surface area contributed by atoms with Crippen LogP contribution in [0.4, 0.5) is 0 Å². The average Bonchev–Trinajstić information content (AvgIpc) is 2.69. The summed E-state index contributed by atoms with van der Waals surface area (Å²) in [6.45, 7) is 5.80. The molecule has 0 bridgehead atoms. The third kappa shape index (κ3) is 5.36. The Morgan fingerprint density at radius 2 is 1.86 bits per heavy atom. The molecule has 1 aliphatic carbocycles. The quantitative estimate of drug-likeness (QED) is 0.330. The van der Waals surface area contributed by atoms with Crippen LogP contribution in [0.15, 0.2) is 4.99 Å². The van der Waals surface area contributed by atoms with Crippen molar-refractivity contribution < 1.29 is 0 Å². The Kier molecular flexibility index (Phi) is 8.46. The van der Waals surface area contributed by atoms with Crippen molar-refractivity contribution in [3.05, 3.63) is 0 Å². The molecule has 1 N–H and O–H groups in total. The summed E-state index contributed by atoms with van der Waals surface area (Å²) in [5.74, 6) is 3.64. The molecule has 0 amide bonds. The largest absolute Gasteiger partial charge is 0.356 e. The molecule has 0 unspecified atom stereocenters. The van der Waals surface area contributed by atoms with E-state index in [9.17, 15) is 0 Å². The van der Waals surface area contributed by atoms with Crippen molar-refractivity contribution in [1.29, 1.82) is 0 Å². The van der Waals surface area contributed by atoms with Crippen LogP contribution >= 0.6 is 24.0 Å². The zero-order valence-electron chi connectivity index (χ0n) is 13.4. The highest BCUT2D eigenvalue weighted by atomic mass is 127. The van der Waals surface area contributed by atoms with Crippen molar-refractivity contribution >= 4 is 29.9 Å². The SMILES string of the molecule is C#CCN=C(NCC)N1CCCC2(CCCCCC2)C1.I. The second-order valence-corrected chi connectivity index (χ2v) is 6.31. The molecule has 0 aromatic heterocycles. The maximum Gasteiger partial charge on any atom is 0.194 e. The van der Waals surface area contributed by atoms with E-state index in [2.05, 4.69) is 28.1 Å². The fraction of sp³-hybridized carbons (Fsp3) is 0.824. The summed E-state index contributed by atoms with van der Waals surface area (Å²) in [6, 6.07) is 0. The molecular weight excluding hydrogens is 373 g/mol. The van der Waals surface area contributed by atoms with E-state index in [1.165, 1.54) is 57.9 Å². The molecule has 2 rings (SSSR count). The zero-order valence-corrected chi connectivity index (χ0v) is 15.7. The minimum Gasteiger partial charge on any atom is -0.356 e. The van der Waals surface area contributed by atoms with Gasteiger partial charge in [-0.3, -0.25) is 0 Å². The Balaban J connectivity index is 0.00000220. The smallest absolute Gasteiger partial charge is 0.194 e. The van der Waals surface area contributed by atoms with Crippen LogP contribution in [0.3, 0.4) is 0 Å². The number of guanidine groups is 1. The van der Waals surface area contributed by atoms with Gasteiger partial charge in [-0.1, -0.05) is 31.6 Å². The fourth-order valence-corrected chi connectivity index (χ4v) is 3.82. The standard InChI is InChI=1S/C17H29N3.HI/c1-3-13-19-16(18-4-2)20-14-9-12-17(15-20)10-7-5-6-8-11-17;/h1H,4-15H2,2H3,(H,18,19);1H. The van der Waals surface area contributed by atoms with Gasteiger partial charge in [0, 0.05) is 19.6 Å². The molecule has 2 fully saturated rings. The van der Waals surface area contributed by atoms with Crippen LogP contribution in [-0.4, -0.2) is 37.0 Å². The van der Waals surface area contributed by atoms with Gasteiger partial charge in [0.2, 0.25) is 0 Å². The Morgan fingerprint density at radius 3 is 2.48 bits per heavy atom. The lowest BCUT2D eigenvalue weighted by Crippen LogP contribution is -2.50. The third-order valence-electron chi connectivity index (χ3n) is 4.78. The van der Waals surface area contributed by atoms with Crippen LogP contribution in [0.25, 0.3) is 0 Å². The van der Waals surface area contributed by atoms with E-state index in [0.29, 0.717) is 12.0 Å². The van der Waals surface area contributed by atoms with E-state index < -0.39 is 0 Å². The van der Waals surface area contributed by atoms with Crippen LogP contribution in [0, 0.1) is 17.8 Å². The van der Waals surface area contributed by atoms with E-state index in [1.807, 2.05) is 0 Å². The van der Waals surface area contributed by atoms with Gasteiger partial charge >= 0.3 is 0 Å². The number of hydrogen-bond acceptors (Lipinski definition) is 1. The number of nitrogens with zero attached hydrogens (tertiary/aromatic N) is 2. The normalized spacial score (nSPS) is 22.1. The molecule has 0 aromatic rings. The molecule has 21 heavy (non-hydrogen) atoms. The second-order valence-electron chi connectivity index (χ2n) is 6.31. The number of likely N-dealkylation sites (tertiary alicyclic amines) is 1. The lowest BCUT2D eigenvalue weighted by Gasteiger charge is -2.44. The van der Waals surface area contributed by atoms with Gasteiger partial charge in [-0.2, -0.15) is 0 Å². The summed E-state index contributed by atoms with van der Waals surface area (Å²) in [5, 5.41) is 3.41. The minimum absolute atomic E-state index is 0. The first-order valence-electron chi connectivity index (χ1n) is 8.26. The number of piperidine rings is 1. The minimum atomic E-state index is 0. The molecule has 0 radical (unpaired) electrons. The first-order valence-corrected chi connectivity index (χ1v) is 8.26. The molecule has 4 heteroatoms. The summed E-state index contributed by atoms with van der Waals surface area (Å²) in [4.78, 5) is 7.01. The fourth-order valence-electron chi connectivity index (χ4n) is 3.82. The van der Waals surface area contributed by atoms with Crippen LogP contribution in [-0.2, 0) is 0 Å². The molecule has 1 saturated carbocycles. The third-order valence-corrected chi connectivity index (χ3v) is 4.78. The average molecular weight is 403 g/mol. The van der Waals surface area contributed by atoms with E-state index in [4.69, 9.17) is 6.42 Å².